The highest BCUT2D eigenvalue weighted by molar-refractivity contribution is 5.90. The number of hydrogen-bond donors (Lipinski definition) is 0. The Balaban J connectivity index is 1.56. The molecule has 1 aromatic carbocycles. The van der Waals surface area contributed by atoms with Gasteiger partial charge in [0.1, 0.15) is 19.3 Å². The van der Waals surface area contributed by atoms with Gasteiger partial charge in [0.2, 0.25) is 0 Å². The molecule has 1 atom stereocenters. The first kappa shape index (κ1) is 15.1. The predicted molar refractivity (Wildman–Crippen MR) is 79.6 cm³/mol. The Bertz CT molecular complexity index is 527. The summed E-state index contributed by atoms with van der Waals surface area (Å²) in [6.07, 6.45) is -0.168. The molecule has 0 spiro atoms. The second kappa shape index (κ2) is 6.98. The van der Waals surface area contributed by atoms with Crippen LogP contribution in [0.5, 0.6) is 11.5 Å². The molecule has 2 aliphatic heterocycles. The van der Waals surface area contributed by atoms with Crippen LogP contribution in [-0.2, 0) is 9.47 Å². The summed E-state index contributed by atoms with van der Waals surface area (Å²) in [4.78, 5) is 14.5. The molecule has 1 aromatic rings. The standard InChI is InChI=1S/C16H21NO5/c1-12(11-17-4-6-19-7-5-17)22-16(18)13-2-3-14-15(10-13)21-9-8-20-14/h2-3,10,12H,4-9,11H2,1H3/t12-/m1/s1. The normalized spacial score (nSPS) is 19.5. The fourth-order valence-corrected chi connectivity index (χ4v) is 2.61. The molecule has 0 aliphatic carbocycles. The van der Waals surface area contributed by atoms with E-state index in [4.69, 9.17) is 18.9 Å². The summed E-state index contributed by atoms with van der Waals surface area (Å²) in [5.41, 5.74) is 0.484. The summed E-state index contributed by atoms with van der Waals surface area (Å²) in [5, 5.41) is 0. The maximum atomic E-state index is 12.2. The van der Waals surface area contributed by atoms with Gasteiger partial charge in [-0.05, 0) is 25.1 Å². The lowest BCUT2D eigenvalue weighted by Crippen LogP contribution is -2.41. The maximum Gasteiger partial charge on any atom is 0.338 e. The molecule has 0 bridgehead atoms. The van der Waals surface area contributed by atoms with Crippen molar-refractivity contribution < 1.29 is 23.7 Å². The van der Waals surface area contributed by atoms with Crippen molar-refractivity contribution in [2.75, 3.05) is 46.1 Å². The van der Waals surface area contributed by atoms with E-state index in [1.54, 1.807) is 18.2 Å². The summed E-state index contributed by atoms with van der Waals surface area (Å²) >= 11 is 0. The summed E-state index contributed by atoms with van der Waals surface area (Å²) in [5.74, 6) is 0.934. The van der Waals surface area contributed by atoms with Crippen LogP contribution in [-0.4, -0.2) is 63.0 Å². The highest BCUT2D eigenvalue weighted by Gasteiger charge is 2.19. The van der Waals surface area contributed by atoms with Crippen LogP contribution in [0.4, 0.5) is 0 Å². The monoisotopic (exact) mass is 307 g/mol. The van der Waals surface area contributed by atoms with E-state index in [0.29, 0.717) is 30.3 Å². The lowest BCUT2D eigenvalue weighted by molar-refractivity contribution is 0.000412. The molecule has 0 aromatic heterocycles. The molecule has 0 N–H and O–H groups in total. The first-order valence-electron chi connectivity index (χ1n) is 7.63. The van der Waals surface area contributed by atoms with Gasteiger partial charge in [0.15, 0.2) is 11.5 Å². The quantitative estimate of drug-likeness (QED) is 0.782. The van der Waals surface area contributed by atoms with Gasteiger partial charge in [-0.1, -0.05) is 0 Å². The Morgan fingerprint density at radius 2 is 1.91 bits per heavy atom. The van der Waals surface area contributed by atoms with Gasteiger partial charge >= 0.3 is 5.97 Å². The minimum Gasteiger partial charge on any atom is -0.486 e. The molecule has 22 heavy (non-hydrogen) atoms. The van der Waals surface area contributed by atoms with Crippen molar-refractivity contribution in [2.24, 2.45) is 0 Å². The molecule has 6 heteroatoms. The summed E-state index contributed by atoms with van der Waals surface area (Å²) in [6.45, 7) is 6.90. The highest BCUT2D eigenvalue weighted by Crippen LogP contribution is 2.31. The number of hydrogen-bond acceptors (Lipinski definition) is 6. The molecule has 120 valence electrons. The van der Waals surface area contributed by atoms with Crippen molar-refractivity contribution in [2.45, 2.75) is 13.0 Å². The molecule has 6 nitrogen and oxygen atoms in total. The van der Waals surface area contributed by atoms with Gasteiger partial charge in [0.25, 0.3) is 0 Å². The van der Waals surface area contributed by atoms with E-state index in [2.05, 4.69) is 4.90 Å². The largest absolute Gasteiger partial charge is 0.486 e. The topological polar surface area (TPSA) is 57.2 Å². The van der Waals surface area contributed by atoms with Crippen molar-refractivity contribution in [3.05, 3.63) is 23.8 Å². The summed E-state index contributed by atoms with van der Waals surface area (Å²) in [6, 6.07) is 5.13. The van der Waals surface area contributed by atoms with Crippen molar-refractivity contribution in [3.63, 3.8) is 0 Å². The van der Waals surface area contributed by atoms with Crippen LogP contribution in [0.1, 0.15) is 17.3 Å². The number of rotatable bonds is 4. The Kier molecular flexibility index (Phi) is 4.80. The third-order valence-corrected chi connectivity index (χ3v) is 3.71. The van der Waals surface area contributed by atoms with Crippen LogP contribution in [0, 0.1) is 0 Å². The number of ether oxygens (including phenoxy) is 4. The van der Waals surface area contributed by atoms with Crippen LogP contribution < -0.4 is 9.47 Å². The number of esters is 1. The van der Waals surface area contributed by atoms with Crippen LogP contribution in [0.15, 0.2) is 18.2 Å². The molecular weight excluding hydrogens is 286 g/mol. The van der Waals surface area contributed by atoms with Crippen molar-refractivity contribution in [1.82, 2.24) is 4.90 Å². The fourth-order valence-electron chi connectivity index (χ4n) is 2.61. The van der Waals surface area contributed by atoms with Crippen LogP contribution in [0.25, 0.3) is 0 Å². The van der Waals surface area contributed by atoms with Crippen LogP contribution in [0.3, 0.4) is 0 Å². The molecule has 1 fully saturated rings. The Morgan fingerprint density at radius 3 is 2.68 bits per heavy atom. The number of carbonyl (C=O) groups excluding carboxylic acids is 1. The van der Waals surface area contributed by atoms with E-state index in [-0.39, 0.29) is 12.1 Å². The average Bonchev–Trinajstić information content (AvgIpc) is 2.55. The zero-order valence-corrected chi connectivity index (χ0v) is 12.7. The Morgan fingerprint density at radius 1 is 1.18 bits per heavy atom. The number of carbonyl (C=O) groups is 1. The number of fused-ring (bicyclic) bond motifs is 1. The maximum absolute atomic E-state index is 12.2. The van der Waals surface area contributed by atoms with E-state index >= 15 is 0 Å². The molecule has 2 heterocycles. The van der Waals surface area contributed by atoms with Gasteiger partial charge in [0.05, 0.1) is 18.8 Å². The number of nitrogens with zero attached hydrogens (tertiary/aromatic N) is 1. The van der Waals surface area contributed by atoms with Crippen LogP contribution in [0.2, 0.25) is 0 Å². The Hall–Kier alpha value is -1.79. The minimum atomic E-state index is -0.335. The molecular formula is C16H21NO5. The Labute approximate surface area is 129 Å². The number of morpholine rings is 1. The smallest absolute Gasteiger partial charge is 0.338 e. The number of benzene rings is 1. The third-order valence-electron chi connectivity index (χ3n) is 3.71. The SMILES string of the molecule is C[C@H](CN1CCOCC1)OC(=O)c1ccc2c(c1)OCCO2. The molecule has 0 amide bonds. The third kappa shape index (κ3) is 3.69. The lowest BCUT2D eigenvalue weighted by Gasteiger charge is -2.28. The van der Waals surface area contributed by atoms with Crippen molar-refractivity contribution >= 4 is 5.97 Å². The molecule has 0 unspecified atom stereocenters. The summed E-state index contributed by atoms with van der Waals surface area (Å²) in [7, 11) is 0. The minimum absolute atomic E-state index is 0.168. The van der Waals surface area contributed by atoms with Gasteiger partial charge in [-0.3, -0.25) is 4.90 Å². The first-order valence-corrected chi connectivity index (χ1v) is 7.63. The molecule has 3 rings (SSSR count). The molecule has 2 aliphatic rings. The van der Waals surface area contributed by atoms with Gasteiger partial charge < -0.3 is 18.9 Å². The van der Waals surface area contributed by atoms with Crippen LogP contribution >= 0.6 is 0 Å². The highest BCUT2D eigenvalue weighted by atomic mass is 16.6. The molecule has 1 saturated heterocycles. The lowest BCUT2D eigenvalue weighted by atomic mass is 10.2. The van der Waals surface area contributed by atoms with E-state index < -0.39 is 0 Å². The van der Waals surface area contributed by atoms with E-state index in [1.165, 1.54) is 0 Å². The predicted octanol–water partition coefficient (Wildman–Crippen LogP) is 1.34. The fraction of sp³-hybridized carbons (Fsp3) is 0.562. The van der Waals surface area contributed by atoms with E-state index in [0.717, 1.165) is 32.8 Å². The second-order valence-electron chi connectivity index (χ2n) is 5.49. The van der Waals surface area contributed by atoms with Gasteiger partial charge in [-0.15, -0.1) is 0 Å². The molecule has 0 radical (unpaired) electrons. The van der Waals surface area contributed by atoms with Crippen molar-refractivity contribution in [1.29, 1.82) is 0 Å². The second-order valence-corrected chi connectivity index (χ2v) is 5.49. The van der Waals surface area contributed by atoms with Crippen molar-refractivity contribution in [3.8, 4) is 11.5 Å². The van der Waals surface area contributed by atoms with E-state index in [1.807, 2.05) is 6.92 Å². The zero-order chi connectivity index (χ0) is 15.4. The van der Waals surface area contributed by atoms with Gasteiger partial charge in [-0.2, -0.15) is 0 Å². The van der Waals surface area contributed by atoms with E-state index in [9.17, 15) is 4.79 Å². The molecule has 0 saturated carbocycles. The average molecular weight is 307 g/mol. The van der Waals surface area contributed by atoms with Gasteiger partial charge in [0, 0.05) is 19.6 Å². The zero-order valence-electron chi connectivity index (χ0n) is 12.7. The summed E-state index contributed by atoms with van der Waals surface area (Å²) < 4.78 is 21.8. The first-order chi connectivity index (χ1) is 10.7. The van der Waals surface area contributed by atoms with Gasteiger partial charge in [-0.25, -0.2) is 4.79 Å².